The number of aliphatic hydroxyl groups is 1. The van der Waals surface area contributed by atoms with Gasteiger partial charge in [0.2, 0.25) is 17.7 Å². The minimum atomic E-state index is -2.63. The fraction of sp³-hybridized carbons (Fsp3) is 0.478. The maximum atomic E-state index is 13.9. The summed E-state index contributed by atoms with van der Waals surface area (Å²) in [7, 11) is -2.63. The SMILES string of the molecule is Cc1ncsc1-c1ccc(CNC(=O)[C@@H]2C[C@@H](O)CN2C(=O)C(NC(=O)COCCOCCOCCO[Si](c2ccccc2)(c2ccccc2)C(C)(C)C)C(C)(C)C)cc1. The molecule has 60 heavy (non-hydrogen) atoms. The number of thiazole rings is 1. The van der Waals surface area contributed by atoms with E-state index in [9.17, 15) is 19.5 Å². The first-order valence-electron chi connectivity index (χ1n) is 20.6. The molecule has 1 fully saturated rings. The number of carbonyl (C=O) groups excluding carboxylic acids is 3. The molecule has 4 aromatic rings. The van der Waals surface area contributed by atoms with Crippen LogP contribution in [0, 0.1) is 12.3 Å². The fourth-order valence-corrected chi connectivity index (χ4v) is 13.0. The molecule has 1 unspecified atom stereocenters. The third-order valence-corrected chi connectivity index (χ3v) is 16.7. The largest absolute Gasteiger partial charge is 0.405 e. The molecule has 5 rings (SSSR count). The van der Waals surface area contributed by atoms with E-state index in [1.807, 2.05) is 69.6 Å². The molecule has 1 aliphatic heterocycles. The Balaban J connectivity index is 1.01. The number of nitrogens with zero attached hydrogens (tertiary/aromatic N) is 2. The van der Waals surface area contributed by atoms with Crippen molar-refractivity contribution in [3.05, 3.63) is 102 Å². The normalized spacial score (nSPS) is 16.4. The van der Waals surface area contributed by atoms with Crippen LogP contribution in [0.2, 0.25) is 5.04 Å². The van der Waals surface area contributed by atoms with Gasteiger partial charge in [-0.3, -0.25) is 14.4 Å². The third kappa shape index (κ3) is 12.2. The summed E-state index contributed by atoms with van der Waals surface area (Å²) >= 11 is 1.58. The number of rotatable bonds is 20. The summed E-state index contributed by atoms with van der Waals surface area (Å²) in [5.74, 6) is -1.26. The molecule has 0 saturated carbocycles. The van der Waals surface area contributed by atoms with Crippen LogP contribution >= 0.6 is 11.3 Å². The number of aliphatic hydroxyl groups excluding tert-OH is 1. The van der Waals surface area contributed by atoms with Crippen LogP contribution < -0.4 is 21.0 Å². The number of nitrogens with one attached hydrogen (secondary N) is 2. The number of amides is 3. The van der Waals surface area contributed by atoms with Gasteiger partial charge in [-0.15, -0.1) is 11.3 Å². The van der Waals surface area contributed by atoms with Gasteiger partial charge >= 0.3 is 0 Å². The van der Waals surface area contributed by atoms with E-state index in [2.05, 4.69) is 84.9 Å². The molecule has 0 radical (unpaired) electrons. The summed E-state index contributed by atoms with van der Waals surface area (Å²) in [5.41, 5.74) is 4.05. The molecule has 2 heterocycles. The fourth-order valence-electron chi connectivity index (χ4n) is 7.60. The molecule has 3 N–H and O–H groups in total. The summed E-state index contributed by atoms with van der Waals surface area (Å²) in [6.45, 7) is 16.2. The van der Waals surface area contributed by atoms with Crippen molar-refractivity contribution in [2.75, 3.05) is 52.8 Å². The highest BCUT2D eigenvalue weighted by Crippen LogP contribution is 2.36. The predicted octanol–water partition coefficient (Wildman–Crippen LogP) is 4.85. The van der Waals surface area contributed by atoms with Gasteiger partial charge in [0.05, 0.1) is 61.8 Å². The quantitative estimate of drug-likeness (QED) is 0.0839. The van der Waals surface area contributed by atoms with E-state index in [1.54, 1.807) is 11.3 Å². The smallest absolute Gasteiger partial charge is 0.261 e. The number of hydrogen-bond donors (Lipinski definition) is 3. The van der Waals surface area contributed by atoms with Gasteiger partial charge in [-0.2, -0.15) is 0 Å². The summed E-state index contributed by atoms with van der Waals surface area (Å²) in [6, 6.07) is 27.1. The van der Waals surface area contributed by atoms with Crippen molar-refractivity contribution in [1.82, 2.24) is 20.5 Å². The van der Waals surface area contributed by atoms with Gasteiger partial charge in [0, 0.05) is 19.5 Å². The van der Waals surface area contributed by atoms with Crippen LogP contribution in [0.3, 0.4) is 0 Å². The Morgan fingerprint density at radius 3 is 1.93 bits per heavy atom. The first-order valence-corrected chi connectivity index (χ1v) is 23.4. The van der Waals surface area contributed by atoms with Crippen molar-refractivity contribution in [3.8, 4) is 10.4 Å². The number of ether oxygens (including phenoxy) is 3. The maximum absolute atomic E-state index is 13.9. The Kier molecular flexibility index (Phi) is 16.8. The molecule has 3 amide bonds. The lowest BCUT2D eigenvalue weighted by Crippen LogP contribution is -2.66. The average molecular weight is 859 g/mol. The molecule has 0 bridgehead atoms. The Morgan fingerprint density at radius 2 is 1.40 bits per heavy atom. The molecule has 3 aromatic carbocycles. The lowest BCUT2D eigenvalue weighted by Gasteiger charge is -2.43. The van der Waals surface area contributed by atoms with Crippen LogP contribution in [0.4, 0.5) is 0 Å². The van der Waals surface area contributed by atoms with Crippen molar-refractivity contribution < 1.29 is 38.1 Å². The first kappa shape index (κ1) is 46.8. The Bertz CT molecular complexity index is 1930. The molecule has 1 aliphatic rings. The zero-order chi connectivity index (χ0) is 43.3. The van der Waals surface area contributed by atoms with Crippen LogP contribution in [-0.4, -0.2) is 112 Å². The summed E-state index contributed by atoms with van der Waals surface area (Å²) in [6.07, 6.45) is -0.755. The van der Waals surface area contributed by atoms with Crippen molar-refractivity contribution in [1.29, 1.82) is 0 Å². The highest BCUT2D eigenvalue weighted by atomic mass is 32.1. The highest BCUT2D eigenvalue weighted by molar-refractivity contribution is 7.13. The molecule has 1 saturated heterocycles. The zero-order valence-electron chi connectivity index (χ0n) is 36.1. The van der Waals surface area contributed by atoms with Gasteiger partial charge in [-0.05, 0) is 38.9 Å². The molecular formula is C46H62N4O8SSi. The second-order valence-corrected chi connectivity index (χ2v) is 22.4. The van der Waals surface area contributed by atoms with E-state index in [1.165, 1.54) is 15.3 Å². The second-order valence-electron chi connectivity index (χ2n) is 17.2. The van der Waals surface area contributed by atoms with E-state index in [0.717, 1.165) is 21.7 Å². The minimum Gasteiger partial charge on any atom is -0.405 e. The van der Waals surface area contributed by atoms with Gasteiger partial charge in [0.25, 0.3) is 8.32 Å². The Morgan fingerprint density at radius 1 is 0.833 bits per heavy atom. The van der Waals surface area contributed by atoms with E-state index in [4.69, 9.17) is 18.6 Å². The second kappa shape index (κ2) is 21.5. The molecule has 12 nitrogen and oxygen atoms in total. The molecule has 0 aliphatic carbocycles. The Labute approximate surface area is 360 Å². The van der Waals surface area contributed by atoms with E-state index in [-0.39, 0.29) is 50.3 Å². The number of carbonyl (C=O) groups is 3. The topological polar surface area (TPSA) is 149 Å². The lowest BCUT2D eigenvalue weighted by atomic mass is 9.85. The molecule has 3 atom stereocenters. The number of aromatic nitrogens is 1. The molecule has 324 valence electrons. The standard InChI is InChI=1S/C46H62N4O8SSi/c1-33-41(59-32-48-33)35-20-18-34(19-21-35)29-47-43(53)39-28-36(51)30-50(39)44(54)42(45(2,3)4)49-40(52)31-57-25-24-55-22-23-56-26-27-58-60(46(5,6)7,37-14-10-8-11-15-37)38-16-12-9-13-17-38/h8-21,32,36,39,42,51H,22-31H2,1-7H3,(H,47,53)(H,49,52)/t36-,39+,42?/m1/s1. The van der Waals surface area contributed by atoms with Gasteiger partial charge in [0.1, 0.15) is 18.7 Å². The highest BCUT2D eigenvalue weighted by Gasteiger charge is 2.50. The van der Waals surface area contributed by atoms with Crippen molar-refractivity contribution in [3.63, 3.8) is 0 Å². The number of aryl methyl sites for hydroxylation is 1. The summed E-state index contributed by atoms with van der Waals surface area (Å²) < 4.78 is 24.0. The van der Waals surface area contributed by atoms with Crippen LogP contribution in [0.5, 0.6) is 0 Å². The van der Waals surface area contributed by atoms with Crippen LogP contribution in [0.15, 0.2) is 90.4 Å². The maximum Gasteiger partial charge on any atom is 0.261 e. The number of benzene rings is 3. The minimum absolute atomic E-state index is 0.00631. The summed E-state index contributed by atoms with van der Waals surface area (Å²) in [4.78, 5) is 47.2. The average Bonchev–Trinajstić information content (AvgIpc) is 3.84. The van der Waals surface area contributed by atoms with Gasteiger partial charge in [0.15, 0.2) is 0 Å². The molecule has 0 spiro atoms. The predicted molar refractivity (Wildman–Crippen MR) is 238 cm³/mol. The van der Waals surface area contributed by atoms with Gasteiger partial charge < -0.3 is 39.3 Å². The Hall–Kier alpha value is -4.28. The van der Waals surface area contributed by atoms with Crippen LogP contribution in [-0.2, 0) is 39.6 Å². The van der Waals surface area contributed by atoms with Crippen molar-refractivity contribution in [2.45, 2.75) is 84.7 Å². The van der Waals surface area contributed by atoms with Gasteiger partial charge in [-0.1, -0.05) is 126 Å². The lowest BCUT2D eigenvalue weighted by molar-refractivity contribution is -0.144. The molecular weight excluding hydrogens is 797 g/mol. The summed E-state index contributed by atoms with van der Waals surface area (Å²) in [5, 5.41) is 18.6. The van der Waals surface area contributed by atoms with E-state index >= 15 is 0 Å². The molecule has 1 aromatic heterocycles. The van der Waals surface area contributed by atoms with Crippen molar-refractivity contribution >= 4 is 47.7 Å². The number of β-amino-alcohol motifs (C(OH)–C–C–N with tert-alkyl or cyclic N) is 1. The first-order chi connectivity index (χ1) is 28.6. The van der Waals surface area contributed by atoms with E-state index < -0.39 is 43.7 Å². The van der Waals surface area contributed by atoms with Crippen LogP contribution in [0.25, 0.3) is 10.4 Å². The van der Waals surface area contributed by atoms with E-state index in [0.29, 0.717) is 26.4 Å². The number of hydrogen-bond acceptors (Lipinski definition) is 10. The third-order valence-electron chi connectivity index (χ3n) is 10.7. The van der Waals surface area contributed by atoms with Crippen LogP contribution in [0.1, 0.15) is 59.2 Å². The zero-order valence-corrected chi connectivity index (χ0v) is 37.9. The molecule has 14 heteroatoms. The number of likely N-dealkylation sites (tertiary alicyclic amines) is 1. The van der Waals surface area contributed by atoms with Crippen molar-refractivity contribution in [2.24, 2.45) is 5.41 Å². The monoisotopic (exact) mass is 858 g/mol. The van der Waals surface area contributed by atoms with Gasteiger partial charge in [-0.25, -0.2) is 4.98 Å².